The van der Waals surface area contributed by atoms with E-state index in [2.05, 4.69) is 10.6 Å². The Balaban J connectivity index is 2.06. The van der Waals surface area contributed by atoms with E-state index in [0.29, 0.717) is 23.5 Å². The predicted molar refractivity (Wildman–Crippen MR) is 139 cm³/mol. The summed E-state index contributed by atoms with van der Waals surface area (Å²) in [5, 5.41) is 15.3. The van der Waals surface area contributed by atoms with Crippen LogP contribution in [-0.4, -0.2) is 57.6 Å². The number of ether oxygens (including phenoxy) is 1. The van der Waals surface area contributed by atoms with Gasteiger partial charge >= 0.3 is 7.60 Å². The van der Waals surface area contributed by atoms with E-state index in [4.69, 9.17) is 9.15 Å². The van der Waals surface area contributed by atoms with E-state index in [-0.39, 0.29) is 42.3 Å². The number of furan rings is 1. The van der Waals surface area contributed by atoms with E-state index >= 15 is 0 Å². The summed E-state index contributed by atoms with van der Waals surface area (Å²) in [6.07, 6.45) is 3.73. The molecule has 3 amide bonds. The standard InChI is InChI=1S/C25H36N3O9P/c1-4-7-8-9-18(19(5-2)28(32)16-29)24(30)26-15-27-25(31)21-12-11-20(37-21)17-10-13-23(38(33,34)35)22(14-17)36-6-3/h10-14,16,18-19,32H,4-9,15H2,1-3H3,(H,26,30)(H,27,31)(H2,33,34,35)/t18?,19-/m1/s1. The second kappa shape index (κ2) is 14.7. The predicted octanol–water partition coefficient (Wildman–Crippen LogP) is 2.77. The summed E-state index contributed by atoms with van der Waals surface area (Å²) in [5.41, 5.74) is 0.447. The van der Waals surface area contributed by atoms with Crippen molar-refractivity contribution in [2.45, 2.75) is 58.9 Å². The fourth-order valence-corrected chi connectivity index (χ4v) is 4.76. The van der Waals surface area contributed by atoms with Crippen LogP contribution >= 0.6 is 7.60 Å². The Kier molecular flexibility index (Phi) is 12.0. The molecule has 1 aromatic heterocycles. The van der Waals surface area contributed by atoms with Crippen LogP contribution in [0, 0.1) is 5.92 Å². The zero-order valence-electron chi connectivity index (χ0n) is 21.8. The van der Waals surface area contributed by atoms with Crippen LogP contribution in [0.4, 0.5) is 0 Å². The van der Waals surface area contributed by atoms with Gasteiger partial charge in [-0.25, -0.2) is 5.06 Å². The smallest absolute Gasteiger partial charge is 0.359 e. The van der Waals surface area contributed by atoms with Gasteiger partial charge in [-0.05, 0) is 44.0 Å². The van der Waals surface area contributed by atoms with Crippen molar-refractivity contribution in [3.05, 3.63) is 36.1 Å². The van der Waals surface area contributed by atoms with E-state index in [1.165, 1.54) is 30.3 Å². The molecule has 38 heavy (non-hydrogen) atoms. The van der Waals surface area contributed by atoms with Gasteiger partial charge in [0, 0.05) is 5.56 Å². The van der Waals surface area contributed by atoms with Crippen molar-refractivity contribution < 1.29 is 43.1 Å². The number of carbonyl (C=O) groups excluding carboxylic acids is 3. The maximum Gasteiger partial charge on any atom is 0.359 e. The molecule has 13 heteroatoms. The van der Waals surface area contributed by atoms with Crippen LogP contribution in [0.25, 0.3) is 11.3 Å². The summed E-state index contributed by atoms with van der Waals surface area (Å²) in [4.78, 5) is 55.5. The molecule has 1 aromatic carbocycles. The Morgan fingerprint density at radius 2 is 1.87 bits per heavy atom. The fraction of sp³-hybridized carbons (Fsp3) is 0.480. The molecular formula is C25H36N3O9P. The molecule has 0 spiro atoms. The lowest BCUT2D eigenvalue weighted by atomic mass is 9.90. The minimum atomic E-state index is -4.55. The number of nitrogens with one attached hydrogen (secondary N) is 2. The first-order valence-electron chi connectivity index (χ1n) is 12.5. The third-order valence-corrected chi connectivity index (χ3v) is 6.98. The number of hydrogen-bond acceptors (Lipinski definition) is 7. The first-order valence-corrected chi connectivity index (χ1v) is 14.1. The molecule has 12 nitrogen and oxygen atoms in total. The zero-order chi connectivity index (χ0) is 28.3. The monoisotopic (exact) mass is 553 g/mol. The summed E-state index contributed by atoms with van der Waals surface area (Å²) < 4.78 is 22.7. The Bertz CT molecular complexity index is 1130. The van der Waals surface area contributed by atoms with Gasteiger partial charge in [0.2, 0.25) is 12.3 Å². The summed E-state index contributed by atoms with van der Waals surface area (Å²) in [6.45, 7) is 5.47. The van der Waals surface area contributed by atoms with Crippen LogP contribution in [0.2, 0.25) is 0 Å². The van der Waals surface area contributed by atoms with Gasteiger partial charge < -0.3 is 29.6 Å². The largest absolute Gasteiger partial charge is 0.493 e. The molecule has 0 bridgehead atoms. The molecule has 2 rings (SSSR count). The Morgan fingerprint density at radius 1 is 1.13 bits per heavy atom. The molecule has 1 heterocycles. The fourth-order valence-electron chi connectivity index (χ4n) is 4.07. The van der Waals surface area contributed by atoms with Crippen molar-refractivity contribution in [1.29, 1.82) is 0 Å². The van der Waals surface area contributed by atoms with Crippen molar-refractivity contribution in [3.63, 3.8) is 0 Å². The normalized spacial score (nSPS) is 12.9. The van der Waals surface area contributed by atoms with E-state index in [9.17, 15) is 33.9 Å². The van der Waals surface area contributed by atoms with Crippen molar-refractivity contribution in [1.82, 2.24) is 15.7 Å². The molecule has 0 aliphatic carbocycles. The average molecular weight is 554 g/mol. The molecule has 0 radical (unpaired) electrons. The Morgan fingerprint density at radius 3 is 2.47 bits per heavy atom. The van der Waals surface area contributed by atoms with Gasteiger partial charge in [0.25, 0.3) is 5.91 Å². The quantitative estimate of drug-likeness (QED) is 0.0522. The molecule has 0 saturated heterocycles. The highest BCUT2D eigenvalue weighted by atomic mass is 31.2. The Labute approximate surface area is 221 Å². The van der Waals surface area contributed by atoms with Gasteiger partial charge in [0.1, 0.15) is 16.8 Å². The van der Waals surface area contributed by atoms with Gasteiger partial charge in [0.15, 0.2) is 5.76 Å². The second-order valence-corrected chi connectivity index (χ2v) is 10.2. The summed E-state index contributed by atoms with van der Waals surface area (Å²) in [7, 11) is -4.55. The van der Waals surface area contributed by atoms with Crippen LogP contribution in [0.3, 0.4) is 0 Å². The SMILES string of the molecule is CCCCCC(C(=O)NCNC(=O)c1ccc(-c2ccc(P(=O)(O)O)c(OCC)c2)o1)[C@@H](CC)N(O)C=O. The molecular weight excluding hydrogens is 517 g/mol. The number of carbonyl (C=O) groups is 3. The highest BCUT2D eigenvalue weighted by Gasteiger charge is 2.30. The van der Waals surface area contributed by atoms with Crippen LogP contribution in [0.15, 0.2) is 34.7 Å². The number of amides is 3. The van der Waals surface area contributed by atoms with Crippen LogP contribution in [-0.2, 0) is 14.2 Å². The molecule has 0 aliphatic heterocycles. The van der Waals surface area contributed by atoms with Gasteiger partial charge in [-0.15, -0.1) is 0 Å². The third kappa shape index (κ3) is 8.42. The molecule has 0 saturated carbocycles. The van der Waals surface area contributed by atoms with E-state index in [1.54, 1.807) is 13.8 Å². The summed E-state index contributed by atoms with van der Waals surface area (Å²) >= 11 is 0. The zero-order valence-corrected chi connectivity index (χ0v) is 22.6. The van der Waals surface area contributed by atoms with Gasteiger partial charge in [-0.1, -0.05) is 39.2 Å². The molecule has 2 aromatic rings. The lowest BCUT2D eigenvalue weighted by molar-refractivity contribution is -0.168. The number of hydroxylamine groups is 2. The van der Waals surface area contributed by atoms with E-state index in [1.807, 2.05) is 6.92 Å². The maximum absolute atomic E-state index is 12.8. The average Bonchev–Trinajstić information content (AvgIpc) is 3.38. The first-order chi connectivity index (χ1) is 18.1. The minimum Gasteiger partial charge on any atom is -0.493 e. The number of nitrogens with zero attached hydrogens (tertiary/aromatic N) is 1. The number of benzene rings is 1. The highest BCUT2D eigenvalue weighted by molar-refractivity contribution is 7.60. The van der Waals surface area contributed by atoms with Crippen molar-refractivity contribution in [3.8, 4) is 17.1 Å². The summed E-state index contributed by atoms with van der Waals surface area (Å²) in [5.74, 6) is -1.40. The number of hydrogen-bond donors (Lipinski definition) is 5. The molecule has 0 aliphatic rings. The second-order valence-electron chi connectivity index (χ2n) is 8.61. The molecule has 2 atom stereocenters. The minimum absolute atomic E-state index is 0.0124. The van der Waals surface area contributed by atoms with Crippen molar-refractivity contribution in [2.75, 3.05) is 13.3 Å². The third-order valence-electron chi connectivity index (χ3n) is 5.99. The van der Waals surface area contributed by atoms with Crippen LogP contribution < -0.4 is 20.7 Å². The summed E-state index contributed by atoms with van der Waals surface area (Å²) in [6, 6.07) is 6.39. The maximum atomic E-state index is 12.8. The highest BCUT2D eigenvalue weighted by Crippen LogP contribution is 2.39. The number of unbranched alkanes of at least 4 members (excludes halogenated alkanes) is 2. The number of rotatable bonds is 16. The molecule has 1 unspecified atom stereocenters. The first kappa shape index (κ1) is 31.0. The molecule has 210 valence electrons. The Hall–Kier alpha value is -3.18. The van der Waals surface area contributed by atoms with Crippen molar-refractivity contribution >= 4 is 31.1 Å². The van der Waals surface area contributed by atoms with Crippen molar-refractivity contribution in [2.24, 2.45) is 5.92 Å². The van der Waals surface area contributed by atoms with Gasteiger partial charge in [-0.2, -0.15) is 0 Å². The van der Waals surface area contributed by atoms with E-state index < -0.39 is 31.4 Å². The van der Waals surface area contributed by atoms with Crippen LogP contribution in [0.5, 0.6) is 5.75 Å². The van der Waals surface area contributed by atoms with Gasteiger partial charge in [-0.3, -0.25) is 24.2 Å². The van der Waals surface area contributed by atoms with Crippen LogP contribution in [0.1, 0.15) is 63.4 Å². The van der Waals surface area contributed by atoms with Gasteiger partial charge in [0.05, 0.1) is 25.2 Å². The lowest BCUT2D eigenvalue weighted by Gasteiger charge is -2.29. The molecule has 0 fully saturated rings. The topological polar surface area (TPSA) is 179 Å². The molecule has 5 N–H and O–H groups in total. The lowest BCUT2D eigenvalue weighted by Crippen LogP contribution is -2.47. The van der Waals surface area contributed by atoms with E-state index in [0.717, 1.165) is 19.3 Å².